The number of carbonyl (C=O) groups is 1. The minimum absolute atomic E-state index is 0.0364. The lowest BCUT2D eigenvalue weighted by Gasteiger charge is -2.17. The number of aliphatic carboxylic acids is 1. The zero-order valence-corrected chi connectivity index (χ0v) is 12.4. The largest absolute Gasteiger partial charge is 0.481 e. The van der Waals surface area contributed by atoms with Gasteiger partial charge in [-0.3, -0.25) is 4.79 Å². The highest BCUT2D eigenvalue weighted by Gasteiger charge is 2.39. The number of hydrogen-bond donors (Lipinski definition) is 1. The van der Waals surface area contributed by atoms with Crippen LogP contribution in [0.2, 0.25) is 5.02 Å². The first-order valence-corrected chi connectivity index (χ1v) is 7.93. The van der Waals surface area contributed by atoms with Crippen LogP contribution < -0.4 is 0 Å². The predicted octanol–water partition coefficient (Wildman–Crippen LogP) is 3.99. The van der Waals surface area contributed by atoms with Gasteiger partial charge in [0.05, 0.1) is 17.0 Å². The van der Waals surface area contributed by atoms with Crippen LogP contribution in [0.3, 0.4) is 0 Å². The Labute approximate surface area is 127 Å². The van der Waals surface area contributed by atoms with Crippen LogP contribution in [0.4, 0.5) is 0 Å². The Hall–Kier alpha value is -1.55. The van der Waals surface area contributed by atoms with E-state index in [1.165, 1.54) is 0 Å². The molecule has 5 heteroatoms. The van der Waals surface area contributed by atoms with Gasteiger partial charge >= 0.3 is 5.97 Å². The summed E-state index contributed by atoms with van der Waals surface area (Å²) < 4.78 is 2.28. The lowest BCUT2D eigenvalue weighted by molar-refractivity contribution is -0.142. The smallest absolute Gasteiger partial charge is 0.307 e. The van der Waals surface area contributed by atoms with E-state index in [1.807, 2.05) is 18.2 Å². The standard InChI is InChI=1S/C16H17ClN2O2/c17-9-4-7-14-13(8-9)18-15(19(14)10-5-6-10)11-2-1-3-12(11)16(20)21/h4,7-8,10-12H,1-3,5-6H2,(H,20,21). The van der Waals surface area contributed by atoms with E-state index in [0.717, 1.165) is 49.0 Å². The Morgan fingerprint density at radius 3 is 2.81 bits per heavy atom. The summed E-state index contributed by atoms with van der Waals surface area (Å²) in [6, 6.07) is 6.26. The molecule has 2 fully saturated rings. The fraction of sp³-hybridized carbons (Fsp3) is 0.500. The van der Waals surface area contributed by atoms with E-state index >= 15 is 0 Å². The molecule has 21 heavy (non-hydrogen) atoms. The zero-order chi connectivity index (χ0) is 14.6. The highest BCUT2D eigenvalue weighted by Crippen LogP contribution is 2.45. The normalized spacial score (nSPS) is 25.6. The summed E-state index contributed by atoms with van der Waals surface area (Å²) in [5.74, 6) is 0.00802. The van der Waals surface area contributed by atoms with Gasteiger partial charge in [0, 0.05) is 17.0 Å². The molecule has 0 aliphatic heterocycles. The van der Waals surface area contributed by atoms with Crippen LogP contribution in [0.15, 0.2) is 18.2 Å². The molecule has 0 amide bonds. The Morgan fingerprint density at radius 1 is 1.29 bits per heavy atom. The molecule has 2 aliphatic rings. The molecule has 0 bridgehead atoms. The van der Waals surface area contributed by atoms with Crippen molar-refractivity contribution in [2.75, 3.05) is 0 Å². The van der Waals surface area contributed by atoms with Crippen molar-refractivity contribution in [3.63, 3.8) is 0 Å². The monoisotopic (exact) mass is 304 g/mol. The molecule has 1 N–H and O–H groups in total. The van der Waals surface area contributed by atoms with Crippen LogP contribution in [-0.4, -0.2) is 20.6 Å². The molecule has 1 heterocycles. The number of carboxylic acids is 1. The lowest BCUT2D eigenvalue weighted by atomic mass is 9.95. The van der Waals surface area contributed by atoms with Gasteiger partial charge in [-0.2, -0.15) is 0 Å². The molecule has 0 radical (unpaired) electrons. The van der Waals surface area contributed by atoms with Crippen molar-refractivity contribution in [3.8, 4) is 0 Å². The Morgan fingerprint density at radius 2 is 2.10 bits per heavy atom. The average molecular weight is 305 g/mol. The third kappa shape index (κ3) is 2.13. The first-order chi connectivity index (χ1) is 10.1. The Balaban J connectivity index is 1.87. The van der Waals surface area contributed by atoms with E-state index < -0.39 is 5.97 Å². The van der Waals surface area contributed by atoms with Crippen LogP contribution in [0.25, 0.3) is 11.0 Å². The molecule has 0 saturated heterocycles. The number of benzene rings is 1. The van der Waals surface area contributed by atoms with Gasteiger partial charge in [-0.1, -0.05) is 18.0 Å². The summed E-state index contributed by atoms with van der Waals surface area (Å²) in [6.45, 7) is 0. The van der Waals surface area contributed by atoms with Gasteiger partial charge in [-0.15, -0.1) is 0 Å². The number of aromatic nitrogens is 2. The molecule has 4 rings (SSSR count). The minimum Gasteiger partial charge on any atom is -0.481 e. The number of halogens is 1. The van der Waals surface area contributed by atoms with Gasteiger partial charge in [0.2, 0.25) is 0 Å². The minimum atomic E-state index is -0.690. The molecule has 2 saturated carbocycles. The molecular formula is C16H17ClN2O2. The van der Waals surface area contributed by atoms with Crippen LogP contribution in [0.1, 0.15) is 49.9 Å². The van der Waals surface area contributed by atoms with Gasteiger partial charge < -0.3 is 9.67 Å². The second kappa shape index (κ2) is 4.73. The van der Waals surface area contributed by atoms with Crippen molar-refractivity contribution in [2.45, 2.75) is 44.1 Å². The van der Waals surface area contributed by atoms with Crippen molar-refractivity contribution in [1.29, 1.82) is 0 Å². The maximum atomic E-state index is 11.5. The number of carboxylic acid groups (broad SMARTS) is 1. The Bertz CT molecular complexity index is 720. The quantitative estimate of drug-likeness (QED) is 0.932. The van der Waals surface area contributed by atoms with Crippen LogP contribution in [0, 0.1) is 5.92 Å². The summed E-state index contributed by atoms with van der Waals surface area (Å²) in [4.78, 5) is 16.3. The maximum absolute atomic E-state index is 11.5. The summed E-state index contributed by atoms with van der Waals surface area (Å²) in [5, 5.41) is 10.1. The van der Waals surface area contributed by atoms with Crippen molar-refractivity contribution in [1.82, 2.24) is 9.55 Å². The molecule has 2 unspecified atom stereocenters. The number of nitrogens with zero attached hydrogens (tertiary/aromatic N) is 2. The molecule has 2 aromatic rings. The number of hydrogen-bond acceptors (Lipinski definition) is 2. The first-order valence-electron chi connectivity index (χ1n) is 7.55. The van der Waals surface area contributed by atoms with Crippen LogP contribution in [0.5, 0.6) is 0 Å². The van der Waals surface area contributed by atoms with Crippen LogP contribution >= 0.6 is 11.6 Å². The highest BCUT2D eigenvalue weighted by molar-refractivity contribution is 6.31. The molecule has 110 valence electrons. The molecule has 0 spiro atoms. The predicted molar refractivity (Wildman–Crippen MR) is 80.7 cm³/mol. The summed E-state index contributed by atoms with van der Waals surface area (Å²) in [7, 11) is 0. The Kier molecular flexibility index (Phi) is 2.96. The summed E-state index contributed by atoms with van der Waals surface area (Å²) in [5.41, 5.74) is 1.98. The van der Waals surface area contributed by atoms with Crippen molar-refractivity contribution >= 4 is 28.6 Å². The SMILES string of the molecule is O=C(O)C1CCCC1c1nc2cc(Cl)ccc2n1C1CC1. The van der Waals surface area contributed by atoms with E-state index in [-0.39, 0.29) is 11.8 Å². The van der Waals surface area contributed by atoms with E-state index in [1.54, 1.807) is 0 Å². The maximum Gasteiger partial charge on any atom is 0.307 e. The molecule has 1 aromatic carbocycles. The fourth-order valence-corrected chi connectivity index (χ4v) is 3.80. The third-order valence-electron chi connectivity index (χ3n) is 4.76. The molecule has 2 aliphatic carbocycles. The van der Waals surface area contributed by atoms with E-state index in [9.17, 15) is 9.90 Å². The summed E-state index contributed by atoms with van der Waals surface area (Å²) >= 11 is 6.07. The summed E-state index contributed by atoms with van der Waals surface area (Å²) in [6.07, 6.45) is 4.96. The molecular weight excluding hydrogens is 288 g/mol. The van der Waals surface area contributed by atoms with Gasteiger partial charge in [0.15, 0.2) is 0 Å². The van der Waals surface area contributed by atoms with Gasteiger partial charge in [0.25, 0.3) is 0 Å². The third-order valence-corrected chi connectivity index (χ3v) is 4.99. The number of imidazole rings is 1. The van der Waals surface area contributed by atoms with E-state index in [2.05, 4.69) is 4.57 Å². The molecule has 2 atom stereocenters. The second-order valence-electron chi connectivity index (χ2n) is 6.19. The van der Waals surface area contributed by atoms with Crippen molar-refractivity contribution in [2.24, 2.45) is 5.92 Å². The van der Waals surface area contributed by atoms with Gasteiger partial charge in [-0.05, 0) is 43.9 Å². The topological polar surface area (TPSA) is 55.1 Å². The first kappa shape index (κ1) is 13.1. The zero-order valence-electron chi connectivity index (χ0n) is 11.6. The van der Waals surface area contributed by atoms with Gasteiger partial charge in [0.1, 0.15) is 5.82 Å². The van der Waals surface area contributed by atoms with E-state index in [0.29, 0.717) is 11.1 Å². The fourth-order valence-electron chi connectivity index (χ4n) is 3.63. The van der Waals surface area contributed by atoms with E-state index in [4.69, 9.17) is 16.6 Å². The van der Waals surface area contributed by atoms with Crippen molar-refractivity contribution < 1.29 is 9.90 Å². The highest BCUT2D eigenvalue weighted by atomic mass is 35.5. The number of fused-ring (bicyclic) bond motifs is 1. The molecule has 4 nitrogen and oxygen atoms in total. The lowest BCUT2D eigenvalue weighted by Crippen LogP contribution is -2.20. The van der Waals surface area contributed by atoms with Crippen LogP contribution in [-0.2, 0) is 4.79 Å². The van der Waals surface area contributed by atoms with Gasteiger partial charge in [-0.25, -0.2) is 4.98 Å². The second-order valence-corrected chi connectivity index (χ2v) is 6.62. The molecule has 1 aromatic heterocycles. The number of rotatable bonds is 3. The van der Waals surface area contributed by atoms with Crippen molar-refractivity contribution in [3.05, 3.63) is 29.0 Å². The average Bonchev–Trinajstić information content (AvgIpc) is 3.03.